The minimum Gasteiger partial charge on any atom is -0.465 e. The molecule has 62 valence electrons. The van der Waals surface area contributed by atoms with Crippen LogP contribution >= 0.6 is 0 Å². The van der Waals surface area contributed by atoms with Crippen molar-refractivity contribution in [3.8, 4) is 12.3 Å². The summed E-state index contributed by atoms with van der Waals surface area (Å²) in [7, 11) is 0. The fourth-order valence-electron chi connectivity index (χ4n) is 0.588. The Labute approximate surface area is 65.2 Å². The van der Waals surface area contributed by atoms with Gasteiger partial charge in [0.05, 0.1) is 12.1 Å². The van der Waals surface area contributed by atoms with Crippen LogP contribution in [0.15, 0.2) is 0 Å². The van der Waals surface area contributed by atoms with Crippen LogP contribution in [0.2, 0.25) is 0 Å². The molecule has 3 N–H and O–H groups in total. The second-order valence-corrected chi connectivity index (χ2v) is 2.21. The summed E-state index contributed by atoms with van der Waals surface area (Å²) in [6, 6.07) is -0.524. The summed E-state index contributed by atoms with van der Waals surface area (Å²) in [5.74, 6) is 2.24. The molecule has 2 atom stereocenters. The summed E-state index contributed by atoms with van der Waals surface area (Å²) in [5, 5.41) is 19.4. The van der Waals surface area contributed by atoms with Crippen molar-refractivity contribution in [1.29, 1.82) is 0 Å². The fourth-order valence-corrected chi connectivity index (χ4v) is 0.588. The molecule has 0 rings (SSSR count). The van der Waals surface area contributed by atoms with Gasteiger partial charge < -0.3 is 15.5 Å². The molecule has 0 heterocycles. The highest BCUT2D eigenvalue weighted by Crippen LogP contribution is 1.96. The number of amides is 1. The van der Waals surface area contributed by atoms with E-state index < -0.39 is 18.2 Å². The van der Waals surface area contributed by atoms with Gasteiger partial charge in [0, 0.05) is 6.42 Å². The van der Waals surface area contributed by atoms with Crippen molar-refractivity contribution in [2.45, 2.75) is 25.5 Å². The molecule has 0 aromatic heterocycles. The van der Waals surface area contributed by atoms with E-state index in [0.29, 0.717) is 0 Å². The first-order chi connectivity index (χ1) is 5.07. The van der Waals surface area contributed by atoms with Crippen molar-refractivity contribution < 1.29 is 15.0 Å². The third kappa shape index (κ3) is 4.23. The number of aliphatic hydroxyl groups excluding tert-OH is 1. The average molecular weight is 157 g/mol. The van der Waals surface area contributed by atoms with Crippen molar-refractivity contribution >= 4 is 6.09 Å². The Morgan fingerprint density at radius 3 is 2.73 bits per heavy atom. The Bertz CT molecular complexity index is 173. The van der Waals surface area contributed by atoms with E-state index in [1.807, 2.05) is 0 Å². The standard InChI is InChI=1S/C7H11NO3/c1-3-4-6(9)5(2)8-7(10)11/h1,5-6,8-9H,4H2,2H3,(H,10,11)/t5-,6-/m0/s1. The third-order valence-electron chi connectivity index (χ3n) is 1.26. The van der Waals surface area contributed by atoms with E-state index in [-0.39, 0.29) is 6.42 Å². The molecule has 0 bridgehead atoms. The molecule has 4 nitrogen and oxygen atoms in total. The van der Waals surface area contributed by atoms with Gasteiger partial charge in [0.2, 0.25) is 0 Å². The van der Waals surface area contributed by atoms with E-state index >= 15 is 0 Å². The third-order valence-corrected chi connectivity index (χ3v) is 1.26. The first-order valence-corrected chi connectivity index (χ1v) is 3.19. The maximum absolute atomic E-state index is 10.0. The lowest BCUT2D eigenvalue weighted by molar-refractivity contribution is 0.130. The Balaban J connectivity index is 3.74. The second kappa shape index (κ2) is 4.58. The molecule has 4 heteroatoms. The zero-order valence-corrected chi connectivity index (χ0v) is 6.24. The maximum atomic E-state index is 10.0. The molecule has 0 radical (unpaired) electrons. The zero-order chi connectivity index (χ0) is 8.85. The highest BCUT2D eigenvalue weighted by molar-refractivity contribution is 5.64. The van der Waals surface area contributed by atoms with Crippen molar-refractivity contribution in [3.05, 3.63) is 0 Å². The molecule has 0 unspecified atom stereocenters. The van der Waals surface area contributed by atoms with Crippen LogP contribution in [0.1, 0.15) is 13.3 Å². The van der Waals surface area contributed by atoms with Gasteiger partial charge in [0.25, 0.3) is 0 Å². The predicted octanol–water partition coefficient (Wildman–Crippen LogP) is 0.0267. The van der Waals surface area contributed by atoms with E-state index in [4.69, 9.17) is 16.6 Å². The van der Waals surface area contributed by atoms with Crippen LogP contribution in [0.3, 0.4) is 0 Å². The lowest BCUT2D eigenvalue weighted by Crippen LogP contribution is -2.40. The van der Waals surface area contributed by atoms with E-state index in [1.165, 1.54) is 0 Å². The predicted molar refractivity (Wildman–Crippen MR) is 40.1 cm³/mol. The molecule has 0 saturated heterocycles. The summed E-state index contributed by atoms with van der Waals surface area (Å²) in [6.07, 6.45) is 3.10. The zero-order valence-electron chi connectivity index (χ0n) is 6.24. The van der Waals surface area contributed by atoms with Gasteiger partial charge in [-0.1, -0.05) is 0 Å². The first-order valence-electron chi connectivity index (χ1n) is 3.19. The summed E-state index contributed by atoms with van der Waals surface area (Å²) in [6.45, 7) is 1.55. The maximum Gasteiger partial charge on any atom is 0.404 e. The van der Waals surface area contributed by atoms with Crippen LogP contribution in [0.4, 0.5) is 4.79 Å². The van der Waals surface area contributed by atoms with Crippen LogP contribution in [0, 0.1) is 12.3 Å². The molecule has 0 fully saturated rings. The minimum absolute atomic E-state index is 0.154. The van der Waals surface area contributed by atoms with E-state index in [1.54, 1.807) is 6.92 Å². The van der Waals surface area contributed by atoms with Crippen LogP contribution in [-0.2, 0) is 0 Å². The molecule has 0 aliphatic heterocycles. The highest BCUT2D eigenvalue weighted by Gasteiger charge is 2.13. The Kier molecular flexibility index (Phi) is 4.08. The molecule has 0 aliphatic carbocycles. The minimum atomic E-state index is -1.16. The van der Waals surface area contributed by atoms with Gasteiger partial charge >= 0.3 is 6.09 Å². The molecule has 11 heavy (non-hydrogen) atoms. The smallest absolute Gasteiger partial charge is 0.404 e. The van der Waals surface area contributed by atoms with E-state index in [0.717, 1.165) is 0 Å². The van der Waals surface area contributed by atoms with Crippen molar-refractivity contribution in [2.75, 3.05) is 0 Å². The van der Waals surface area contributed by atoms with Gasteiger partial charge in [0.1, 0.15) is 0 Å². The van der Waals surface area contributed by atoms with Crippen LogP contribution in [0.25, 0.3) is 0 Å². The topological polar surface area (TPSA) is 69.6 Å². The van der Waals surface area contributed by atoms with Crippen molar-refractivity contribution in [1.82, 2.24) is 5.32 Å². The highest BCUT2D eigenvalue weighted by atomic mass is 16.4. The summed E-state index contributed by atoms with van der Waals surface area (Å²) >= 11 is 0. The summed E-state index contributed by atoms with van der Waals surface area (Å²) < 4.78 is 0. The molecule has 1 amide bonds. The number of hydrogen-bond donors (Lipinski definition) is 3. The van der Waals surface area contributed by atoms with Gasteiger partial charge in [-0.2, -0.15) is 0 Å². The largest absolute Gasteiger partial charge is 0.465 e. The first kappa shape index (κ1) is 9.79. The quantitative estimate of drug-likeness (QED) is 0.506. The van der Waals surface area contributed by atoms with Gasteiger partial charge in [-0.25, -0.2) is 4.79 Å². The van der Waals surface area contributed by atoms with Crippen LogP contribution in [0.5, 0.6) is 0 Å². The Hall–Kier alpha value is -1.21. The van der Waals surface area contributed by atoms with Crippen LogP contribution < -0.4 is 5.32 Å². The van der Waals surface area contributed by atoms with Crippen molar-refractivity contribution in [3.63, 3.8) is 0 Å². The molecule has 0 aromatic rings. The number of aliphatic hydroxyl groups is 1. The number of carbonyl (C=O) groups is 1. The molecule has 0 aliphatic rings. The SMILES string of the molecule is C#CC[C@H](O)[C@H](C)NC(=O)O. The molecule has 0 aromatic carbocycles. The van der Waals surface area contributed by atoms with Gasteiger partial charge in [-0.05, 0) is 6.92 Å². The molecule has 0 spiro atoms. The number of terminal acetylenes is 1. The lowest BCUT2D eigenvalue weighted by Gasteiger charge is -2.15. The number of nitrogens with one attached hydrogen (secondary N) is 1. The van der Waals surface area contributed by atoms with Gasteiger partial charge in [0.15, 0.2) is 0 Å². The normalized spacial score (nSPS) is 14.6. The number of rotatable bonds is 3. The molecule has 0 saturated carbocycles. The van der Waals surface area contributed by atoms with Crippen LogP contribution in [-0.4, -0.2) is 28.5 Å². The van der Waals surface area contributed by atoms with E-state index in [2.05, 4.69) is 11.2 Å². The Morgan fingerprint density at radius 2 is 2.36 bits per heavy atom. The fraction of sp³-hybridized carbons (Fsp3) is 0.571. The van der Waals surface area contributed by atoms with Gasteiger partial charge in [-0.3, -0.25) is 0 Å². The summed E-state index contributed by atoms with van der Waals surface area (Å²) in [5.41, 5.74) is 0. The summed E-state index contributed by atoms with van der Waals surface area (Å²) in [4.78, 5) is 10.0. The van der Waals surface area contributed by atoms with Crippen molar-refractivity contribution in [2.24, 2.45) is 0 Å². The molecular formula is C7H11NO3. The average Bonchev–Trinajstić information content (AvgIpc) is 1.86. The monoisotopic (exact) mass is 157 g/mol. The second-order valence-electron chi connectivity index (χ2n) is 2.21. The molecular weight excluding hydrogens is 146 g/mol. The van der Waals surface area contributed by atoms with Gasteiger partial charge in [-0.15, -0.1) is 12.3 Å². The van der Waals surface area contributed by atoms with E-state index in [9.17, 15) is 4.79 Å². The number of carboxylic acid groups (broad SMARTS) is 1. The number of hydrogen-bond acceptors (Lipinski definition) is 2. The Morgan fingerprint density at radius 1 is 1.82 bits per heavy atom. The lowest BCUT2D eigenvalue weighted by atomic mass is 10.1.